The molecule has 0 N–H and O–H groups in total. The first kappa shape index (κ1) is 21.8. The molecule has 5 heterocycles. The van der Waals surface area contributed by atoms with Crippen LogP contribution in [0.2, 0.25) is 0 Å². The normalized spacial score (nSPS) is 12.7. The van der Waals surface area contributed by atoms with E-state index in [1.54, 1.807) is 0 Å². The molecule has 5 heteroatoms. The van der Waals surface area contributed by atoms with Gasteiger partial charge in [0, 0.05) is 38.0 Å². The molecule has 6 aromatic carbocycles. The third kappa shape index (κ3) is 2.59. The van der Waals surface area contributed by atoms with E-state index >= 15 is 0 Å². The van der Waals surface area contributed by atoms with Crippen molar-refractivity contribution in [2.75, 3.05) is 0 Å². The lowest BCUT2D eigenvalue weighted by Crippen LogP contribution is -1.94. The Labute approximate surface area is 243 Å². The number of furan rings is 1. The van der Waals surface area contributed by atoms with Gasteiger partial charge in [0.15, 0.2) is 5.65 Å². The topological polar surface area (TPSA) is 48.3 Å². The molecule has 198 valence electrons. The number of para-hydroxylation sites is 5. The summed E-state index contributed by atoms with van der Waals surface area (Å²) in [4.78, 5) is 10.4. The first-order valence-corrected chi connectivity index (χ1v) is 14.5. The van der Waals surface area contributed by atoms with Gasteiger partial charge in [-0.05, 0) is 54.6 Å². The number of nitrogens with zero attached hydrogens (tertiary/aromatic N) is 4. The Morgan fingerprint density at radius 2 is 1.16 bits per heavy atom. The van der Waals surface area contributed by atoms with Crippen molar-refractivity contribution >= 4 is 93.1 Å². The Morgan fingerprint density at radius 3 is 2.02 bits per heavy atom. The van der Waals surface area contributed by atoms with Crippen LogP contribution < -0.4 is 0 Å². The van der Waals surface area contributed by atoms with Crippen LogP contribution in [-0.2, 0) is 0 Å². The van der Waals surface area contributed by atoms with Crippen molar-refractivity contribution in [3.05, 3.63) is 121 Å². The third-order valence-electron chi connectivity index (χ3n) is 9.21. The van der Waals surface area contributed by atoms with Crippen LogP contribution in [0.5, 0.6) is 0 Å². The fourth-order valence-corrected chi connectivity index (χ4v) is 7.47. The zero-order chi connectivity index (χ0) is 27.8. The predicted octanol–water partition coefficient (Wildman–Crippen LogP) is 9.78. The summed E-state index contributed by atoms with van der Waals surface area (Å²) >= 11 is 0. The van der Waals surface area contributed by atoms with Crippen LogP contribution in [0.15, 0.2) is 126 Å². The van der Waals surface area contributed by atoms with Gasteiger partial charge in [0.1, 0.15) is 16.7 Å². The van der Waals surface area contributed by atoms with E-state index in [9.17, 15) is 0 Å². The zero-order valence-corrected chi connectivity index (χ0v) is 22.7. The van der Waals surface area contributed by atoms with Crippen molar-refractivity contribution < 1.29 is 4.42 Å². The molecule has 0 amide bonds. The molecule has 11 rings (SSSR count). The standard InChI is InChI=1S/C38H20N4O/c1-6-14-30-22(9-1)24-17-18-33-34(25-11-3-8-16-32(25)43-33)37(24)41(30)21-19-26-23-10-2-7-15-31(23)42-36(26)27(20-21)35-38(42)40-29-13-5-4-12-28(29)39-35/h1-20H. The van der Waals surface area contributed by atoms with E-state index in [1.165, 1.54) is 21.5 Å². The van der Waals surface area contributed by atoms with E-state index in [0.29, 0.717) is 0 Å². The van der Waals surface area contributed by atoms with Gasteiger partial charge in [-0.25, -0.2) is 9.97 Å². The quantitative estimate of drug-likeness (QED) is 0.205. The Hall–Kier alpha value is -5.94. The van der Waals surface area contributed by atoms with E-state index in [1.807, 2.05) is 30.3 Å². The summed E-state index contributed by atoms with van der Waals surface area (Å²) < 4.78 is 11.1. The smallest absolute Gasteiger partial charge is 0.165 e. The highest BCUT2D eigenvalue weighted by molar-refractivity contribution is 6.26. The third-order valence-corrected chi connectivity index (χ3v) is 9.21. The molecule has 0 saturated carbocycles. The molecular weight excluding hydrogens is 528 g/mol. The van der Waals surface area contributed by atoms with Crippen LogP contribution in [-0.4, -0.2) is 18.9 Å². The van der Waals surface area contributed by atoms with Gasteiger partial charge in [0.2, 0.25) is 0 Å². The van der Waals surface area contributed by atoms with Crippen molar-refractivity contribution in [2.24, 2.45) is 0 Å². The molecule has 0 aliphatic rings. The van der Waals surface area contributed by atoms with Crippen LogP contribution in [0.3, 0.4) is 0 Å². The number of benzene rings is 6. The summed E-state index contributed by atoms with van der Waals surface area (Å²) in [5.74, 6) is 0. The molecule has 5 nitrogen and oxygen atoms in total. The minimum Gasteiger partial charge on any atom is -0.456 e. The molecule has 11 aromatic rings. The maximum atomic E-state index is 6.37. The van der Waals surface area contributed by atoms with Crippen LogP contribution in [0.25, 0.3) is 98.8 Å². The molecule has 0 radical (unpaired) electrons. The van der Waals surface area contributed by atoms with E-state index in [2.05, 4.69) is 100.0 Å². The van der Waals surface area contributed by atoms with Crippen molar-refractivity contribution in [2.45, 2.75) is 0 Å². The maximum absolute atomic E-state index is 6.37. The first-order valence-electron chi connectivity index (χ1n) is 14.5. The van der Waals surface area contributed by atoms with E-state index in [0.717, 1.165) is 77.3 Å². The lowest BCUT2D eigenvalue weighted by molar-refractivity contribution is 0.669. The summed E-state index contributed by atoms with van der Waals surface area (Å²) in [5, 5.41) is 8.19. The lowest BCUT2D eigenvalue weighted by atomic mass is 10.1. The van der Waals surface area contributed by atoms with Crippen molar-refractivity contribution in [1.82, 2.24) is 18.9 Å². The van der Waals surface area contributed by atoms with E-state index in [-0.39, 0.29) is 0 Å². The summed E-state index contributed by atoms with van der Waals surface area (Å²) in [5.41, 5.74) is 11.1. The second kappa shape index (κ2) is 7.46. The number of aromatic nitrogens is 4. The molecular formula is C38H20N4O. The largest absolute Gasteiger partial charge is 0.456 e. The molecule has 0 unspecified atom stereocenters. The molecule has 0 aliphatic heterocycles. The van der Waals surface area contributed by atoms with Crippen molar-refractivity contribution in [3.8, 4) is 5.69 Å². The van der Waals surface area contributed by atoms with Crippen LogP contribution >= 0.6 is 0 Å². The average Bonchev–Trinajstić information content (AvgIpc) is 3.78. The van der Waals surface area contributed by atoms with E-state index in [4.69, 9.17) is 14.4 Å². The molecule has 0 fully saturated rings. The highest BCUT2D eigenvalue weighted by Crippen LogP contribution is 2.44. The van der Waals surface area contributed by atoms with Gasteiger partial charge in [-0.1, -0.05) is 66.7 Å². The van der Waals surface area contributed by atoms with Crippen LogP contribution in [0.4, 0.5) is 0 Å². The maximum Gasteiger partial charge on any atom is 0.165 e. The second-order valence-electron chi connectivity index (χ2n) is 11.4. The highest BCUT2D eigenvalue weighted by atomic mass is 16.3. The SMILES string of the molecule is c1ccc2nc3c(nc2c1)c1cc(-n2c4ccccc4c4ccc5oc6ccccc6c5c42)cc2c4ccccc4n3c21. The molecule has 0 bridgehead atoms. The van der Waals surface area contributed by atoms with Gasteiger partial charge in [-0.2, -0.15) is 0 Å². The number of hydrogen-bond acceptors (Lipinski definition) is 3. The van der Waals surface area contributed by atoms with Crippen LogP contribution in [0.1, 0.15) is 0 Å². The molecule has 0 atom stereocenters. The van der Waals surface area contributed by atoms with Crippen molar-refractivity contribution in [3.63, 3.8) is 0 Å². The molecule has 0 saturated heterocycles. The lowest BCUT2D eigenvalue weighted by Gasteiger charge is -2.10. The van der Waals surface area contributed by atoms with Crippen molar-refractivity contribution in [1.29, 1.82) is 0 Å². The fraction of sp³-hybridized carbons (Fsp3) is 0. The van der Waals surface area contributed by atoms with Gasteiger partial charge in [-0.3, -0.25) is 4.40 Å². The van der Waals surface area contributed by atoms with Gasteiger partial charge in [-0.15, -0.1) is 0 Å². The Bertz CT molecular complexity index is 2960. The summed E-state index contributed by atoms with van der Waals surface area (Å²) in [6.07, 6.45) is 0. The fourth-order valence-electron chi connectivity index (χ4n) is 7.47. The predicted molar refractivity (Wildman–Crippen MR) is 176 cm³/mol. The molecule has 0 spiro atoms. The van der Waals surface area contributed by atoms with Gasteiger partial charge < -0.3 is 8.98 Å². The summed E-state index contributed by atoms with van der Waals surface area (Å²) in [6, 6.07) is 42.7. The molecule has 5 aromatic heterocycles. The Morgan fingerprint density at radius 1 is 0.488 bits per heavy atom. The zero-order valence-electron chi connectivity index (χ0n) is 22.7. The monoisotopic (exact) mass is 548 g/mol. The number of hydrogen-bond donors (Lipinski definition) is 0. The highest BCUT2D eigenvalue weighted by Gasteiger charge is 2.24. The van der Waals surface area contributed by atoms with Gasteiger partial charge >= 0.3 is 0 Å². The average molecular weight is 549 g/mol. The minimum absolute atomic E-state index is 0.891. The van der Waals surface area contributed by atoms with Crippen LogP contribution in [0, 0.1) is 0 Å². The minimum atomic E-state index is 0.891. The summed E-state index contributed by atoms with van der Waals surface area (Å²) in [7, 11) is 0. The Kier molecular flexibility index (Phi) is 3.78. The molecule has 43 heavy (non-hydrogen) atoms. The first-order chi connectivity index (χ1) is 21.3. The second-order valence-corrected chi connectivity index (χ2v) is 11.4. The summed E-state index contributed by atoms with van der Waals surface area (Å²) in [6.45, 7) is 0. The van der Waals surface area contributed by atoms with E-state index < -0.39 is 0 Å². The number of rotatable bonds is 1. The molecule has 0 aliphatic carbocycles. The van der Waals surface area contributed by atoms with Gasteiger partial charge in [0.05, 0.1) is 38.5 Å². The number of fused-ring (bicyclic) bond motifs is 14. The Balaban J connectivity index is 1.39. The van der Waals surface area contributed by atoms with Gasteiger partial charge in [0.25, 0.3) is 0 Å².